The van der Waals surface area contributed by atoms with Crippen LogP contribution in [0.15, 0.2) is 18.2 Å². The van der Waals surface area contributed by atoms with Crippen molar-refractivity contribution in [1.29, 1.82) is 0 Å². The highest BCUT2D eigenvalue weighted by Crippen LogP contribution is 2.20. The number of amides is 1. The molecule has 0 bridgehead atoms. The zero-order valence-corrected chi connectivity index (χ0v) is 14.0. The maximum Gasteiger partial charge on any atom is 0.270 e. The minimum Gasteiger partial charge on any atom is -0.352 e. The number of hydrogen-bond donors (Lipinski definition) is 1. The van der Waals surface area contributed by atoms with Crippen molar-refractivity contribution in [3.8, 4) is 0 Å². The highest BCUT2D eigenvalue weighted by atomic mass is 127. The molecule has 0 aromatic heterocycles. The van der Waals surface area contributed by atoms with E-state index in [1.807, 2.05) is 22.6 Å². The molecule has 7 heteroatoms. The van der Waals surface area contributed by atoms with E-state index in [0.29, 0.717) is 18.0 Å². The number of nitro groups is 1. The van der Waals surface area contributed by atoms with Crippen LogP contribution in [0.25, 0.3) is 0 Å². The fourth-order valence-electron chi connectivity index (χ4n) is 2.40. The van der Waals surface area contributed by atoms with Gasteiger partial charge in [0.15, 0.2) is 0 Å². The number of halogens is 1. The average molecular weight is 403 g/mol. The van der Waals surface area contributed by atoms with Crippen molar-refractivity contribution in [3.63, 3.8) is 0 Å². The summed E-state index contributed by atoms with van der Waals surface area (Å²) in [4.78, 5) is 24.8. The molecule has 1 saturated heterocycles. The van der Waals surface area contributed by atoms with E-state index in [2.05, 4.69) is 17.3 Å². The van der Waals surface area contributed by atoms with Crippen LogP contribution in [-0.4, -0.2) is 42.4 Å². The van der Waals surface area contributed by atoms with Gasteiger partial charge >= 0.3 is 0 Å². The van der Waals surface area contributed by atoms with Gasteiger partial charge < -0.3 is 10.2 Å². The van der Waals surface area contributed by atoms with Crippen molar-refractivity contribution >= 4 is 34.2 Å². The molecule has 21 heavy (non-hydrogen) atoms. The van der Waals surface area contributed by atoms with Crippen LogP contribution in [-0.2, 0) is 0 Å². The number of nitrogens with zero attached hydrogens (tertiary/aromatic N) is 2. The summed E-state index contributed by atoms with van der Waals surface area (Å²) >= 11 is 2.02. The van der Waals surface area contributed by atoms with E-state index in [9.17, 15) is 14.9 Å². The molecule has 1 aromatic carbocycles. The smallest absolute Gasteiger partial charge is 0.270 e. The fraction of sp³-hybridized carbons (Fsp3) is 0.500. The van der Waals surface area contributed by atoms with Crippen LogP contribution < -0.4 is 5.32 Å². The van der Waals surface area contributed by atoms with Crippen LogP contribution >= 0.6 is 22.6 Å². The lowest BCUT2D eigenvalue weighted by molar-refractivity contribution is -0.384. The van der Waals surface area contributed by atoms with E-state index in [1.165, 1.54) is 12.1 Å². The van der Waals surface area contributed by atoms with Crippen molar-refractivity contribution in [2.24, 2.45) is 5.92 Å². The molecule has 1 heterocycles. The largest absolute Gasteiger partial charge is 0.352 e. The first-order valence-corrected chi connectivity index (χ1v) is 7.96. The first kappa shape index (κ1) is 16.2. The summed E-state index contributed by atoms with van der Waals surface area (Å²) in [6, 6.07) is 4.35. The first-order chi connectivity index (χ1) is 9.97. The monoisotopic (exact) mass is 403 g/mol. The number of rotatable bonds is 4. The first-order valence-electron chi connectivity index (χ1n) is 6.88. The minimum atomic E-state index is -0.482. The van der Waals surface area contributed by atoms with E-state index >= 15 is 0 Å². The highest BCUT2D eigenvalue weighted by molar-refractivity contribution is 14.1. The average Bonchev–Trinajstić information content (AvgIpc) is 2.46. The lowest BCUT2D eigenvalue weighted by Gasteiger charge is -2.28. The van der Waals surface area contributed by atoms with E-state index in [4.69, 9.17) is 0 Å². The number of benzene rings is 1. The Morgan fingerprint density at radius 1 is 1.48 bits per heavy atom. The summed E-state index contributed by atoms with van der Waals surface area (Å²) in [5.74, 6) is 0.253. The zero-order valence-electron chi connectivity index (χ0n) is 11.8. The third-order valence-corrected chi connectivity index (χ3v) is 4.74. The van der Waals surface area contributed by atoms with Gasteiger partial charge in [-0.25, -0.2) is 0 Å². The van der Waals surface area contributed by atoms with E-state index in [-0.39, 0.29) is 11.6 Å². The van der Waals surface area contributed by atoms with Gasteiger partial charge in [-0.1, -0.05) is 0 Å². The second-order valence-electron chi connectivity index (χ2n) is 5.38. The molecular weight excluding hydrogens is 385 g/mol. The summed E-state index contributed by atoms with van der Waals surface area (Å²) in [5.41, 5.74) is 0.317. The van der Waals surface area contributed by atoms with Gasteiger partial charge in [-0.3, -0.25) is 14.9 Å². The summed E-state index contributed by atoms with van der Waals surface area (Å²) < 4.78 is 0.721. The van der Waals surface area contributed by atoms with Crippen LogP contribution in [0, 0.1) is 19.6 Å². The standard InChI is InChI=1S/C14H18IN3O3/c1-17-6-4-10(5-7-17)9-16-14(19)12-8-11(18(20)21)2-3-13(12)15/h2-3,8,10H,4-7,9H2,1H3,(H,16,19). The summed E-state index contributed by atoms with van der Waals surface area (Å²) in [6.07, 6.45) is 2.14. The third kappa shape index (κ3) is 4.37. The number of carbonyl (C=O) groups is 1. The molecule has 6 nitrogen and oxygen atoms in total. The number of hydrogen-bond acceptors (Lipinski definition) is 4. The summed E-state index contributed by atoms with van der Waals surface area (Å²) in [6.45, 7) is 2.73. The molecule has 1 aliphatic heterocycles. The lowest BCUT2D eigenvalue weighted by atomic mass is 9.97. The molecule has 0 unspecified atom stereocenters. The Hall–Kier alpha value is -1.22. The molecule has 1 aromatic rings. The number of nitrogens with one attached hydrogen (secondary N) is 1. The normalized spacial score (nSPS) is 16.7. The van der Waals surface area contributed by atoms with Crippen LogP contribution in [0.1, 0.15) is 23.2 Å². The molecular formula is C14H18IN3O3. The second-order valence-corrected chi connectivity index (χ2v) is 6.54. The molecule has 0 aliphatic carbocycles. The fourth-order valence-corrected chi connectivity index (χ4v) is 2.98. The van der Waals surface area contributed by atoms with E-state index < -0.39 is 4.92 Å². The SMILES string of the molecule is CN1CCC(CNC(=O)c2cc([N+](=O)[O-])ccc2I)CC1. The van der Waals surface area contributed by atoms with Gasteiger partial charge in [0.2, 0.25) is 0 Å². The van der Waals surface area contributed by atoms with Gasteiger partial charge in [0, 0.05) is 22.2 Å². The maximum absolute atomic E-state index is 12.2. The number of likely N-dealkylation sites (tertiary alicyclic amines) is 1. The summed E-state index contributed by atoms with van der Waals surface area (Å²) in [7, 11) is 2.10. The third-order valence-electron chi connectivity index (χ3n) is 3.79. The van der Waals surface area contributed by atoms with Gasteiger partial charge in [-0.15, -0.1) is 0 Å². The van der Waals surface area contributed by atoms with Gasteiger partial charge in [-0.2, -0.15) is 0 Å². The molecule has 1 amide bonds. The van der Waals surface area contributed by atoms with Crippen molar-refractivity contribution in [2.45, 2.75) is 12.8 Å². The Morgan fingerprint density at radius 3 is 2.76 bits per heavy atom. The Balaban J connectivity index is 1.97. The molecule has 0 radical (unpaired) electrons. The maximum atomic E-state index is 12.2. The van der Waals surface area contributed by atoms with Crippen LogP contribution in [0.5, 0.6) is 0 Å². The lowest BCUT2D eigenvalue weighted by Crippen LogP contribution is -2.37. The second kappa shape index (κ2) is 7.17. The topological polar surface area (TPSA) is 75.5 Å². The van der Waals surface area contributed by atoms with Crippen molar-refractivity contribution in [2.75, 3.05) is 26.7 Å². The van der Waals surface area contributed by atoms with Gasteiger partial charge in [0.25, 0.3) is 11.6 Å². The van der Waals surface area contributed by atoms with E-state index in [0.717, 1.165) is 29.5 Å². The number of piperidine rings is 1. The molecule has 114 valence electrons. The molecule has 1 fully saturated rings. The quantitative estimate of drug-likeness (QED) is 0.476. The van der Waals surface area contributed by atoms with Crippen LogP contribution in [0.2, 0.25) is 0 Å². The van der Waals surface area contributed by atoms with Crippen molar-refractivity contribution < 1.29 is 9.72 Å². The molecule has 2 rings (SSSR count). The molecule has 0 saturated carbocycles. The van der Waals surface area contributed by atoms with Crippen LogP contribution in [0.3, 0.4) is 0 Å². The minimum absolute atomic E-state index is 0.0557. The highest BCUT2D eigenvalue weighted by Gasteiger charge is 2.19. The molecule has 1 aliphatic rings. The van der Waals surface area contributed by atoms with E-state index in [1.54, 1.807) is 6.07 Å². The van der Waals surface area contributed by atoms with Crippen molar-refractivity contribution in [1.82, 2.24) is 10.2 Å². The number of nitro benzene ring substituents is 1. The predicted molar refractivity (Wildman–Crippen MR) is 88.4 cm³/mol. The van der Waals surface area contributed by atoms with Crippen molar-refractivity contribution in [3.05, 3.63) is 37.4 Å². The summed E-state index contributed by atoms with van der Waals surface area (Å²) in [5, 5.41) is 13.7. The molecule has 0 atom stereocenters. The van der Waals surface area contributed by atoms with Gasteiger partial charge in [0.05, 0.1) is 10.5 Å². The Labute approximate surface area is 137 Å². The number of non-ortho nitro benzene ring substituents is 1. The Morgan fingerprint density at radius 2 is 2.14 bits per heavy atom. The Bertz CT molecular complexity index is 542. The predicted octanol–water partition coefficient (Wildman–Crippen LogP) is 2.27. The van der Waals surface area contributed by atoms with Gasteiger partial charge in [0.1, 0.15) is 0 Å². The number of carbonyl (C=O) groups excluding carboxylic acids is 1. The Kier molecular flexibility index (Phi) is 5.51. The van der Waals surface area contributed by atoms with Gasteiger partial charge in [-0.05, 0) is 67.6 Å². The van der Waals surface area contributed by atoms with Crippen LogP contribution in [0.4, 0.5) is 5.69 Å². The molecule has 0 spiro atoms. The molecule has 1 N–H and O–H groups in total. The zero-order chi connectivity index (χ0) is 15.4.